The topological polar surface area (TPSA) is 29.0 Å². The van der Waals surface area contributed by atoms with Gasteiger partial charge in [0.1, 0.15) is 0 Å². The van der Waals surface area contributed by atoms with E-state index < -0.39 is 0 Å². The quantitative estimate of drug-likeness (QED) is 0.195. The molecule has 0 bridgehead atoms. The molecule has 2 aliphatic rings. The average Bonchev–Trinajstić information content (AvgIpc) is 3.06. The molecule has 3 heteroatoms. The van der Waals surface area contributed by atoms with Crippen molar-refractivity contribution in [1.29, 1.82) is 0 Å². The third-order valence-electron chi connectivity index (χ3n) is 9.20. The largest absolute Gasteiger partial charge is 0.309 e. The number of hydrogen-bond acceptors (Lipinski definition) is 3. The highest BCUT2D eigenvalue weighted by Crippen LogP contribution is 2.57. The van der Waals surface area contributed by atoms with E-state index in [0.717, 1.165) is 51.5 Å². The maximum absolute atomic E-state index is 5.10. The number of anilines is 3. The van der Waals surface area contributed by atoms with Crippen LogP contribution in [-0.4, -0.2) is 9.97 Å². The fourth-order valence-corrected chi connectivity index (χ4v) is 6.98. The predicted octanol–water partition coefficient (Wildman–Crippen LogP) is 11.2. The van der Waals surface area contributed by atoms with Crippen LogP contribution in [0.15, 0.2) is 104 Å². The Bertz CT molecular complexity index is 2070. The van der Waals surface area contributed by atoms with Crippen LogP contribution in [0.3, 0.4) is 0 Å². The van der Waals surface area contributed by atoms with Crippen LogP contribution in [0.1, 0.15) is 72.5 Å². The normalized spacial score (nSPS) is 14.3. The van der Waals surface area contributed by atoms with Gasteiger partial charge in [0.05, 0.1) is 34.2 Å². The van der Waals surface area contributed by atoms with Crippen molar-refractivity contribution in [2.24, 2.45) is 0 Å². The molecule has 2 aromatic heterocycles. The molecular formula is C42H37N3. The third kappa shape index (κ3) is 4.58. The molecule has 45 heavy (non-hydrogen) atoms. The molecule has 0 saturated carbocycles. The first-order chi connectivity index (χ1) is 21.9. The van der Waals surface area contributed by atoms with Gasteiger partial charge in [-0.25, -0.2) is 9.97 Å². The zero-order valence-electron chi connectivity index (χ0n) is 26.4. The lowest BCUT2D eigenvalue weighted by Gasteiger charge is -2.46. The summed E-state index contributed by atoms with van der Waals surface area (Å²) >= 11 is 0. The van der Waals surface area contributed by atoms with Crippen molar-refractivity contribution >= 4 is 41.4 Å². The van der Waals surface area contributed by atoms with E-state index in [2.05, 4.69) is 123 Å². The van der Waals surface area contributed by atoms with Crippen LogP contribution in [0.5, 0.6) is 0 Å². The van der Waals surface area contributed by atoms with Gasteiger partial charge in [-0.05, 0) is 102 Å². The molecule has 0 amide bonds. The van der Waals surface area contributed by atoms with Crippen molar-refractivity contribution in [3.63, 3.8) is 0 Å². The molecule has 0 unspecified atom stereocenters. The summed E-state index contributed by atoms with van der Waals surface area (Å²) in [6.45, 7) is 16.8. The Balaban J connectivity index is 1.43. The first-order valence-corrected chi connectivity index (χ1v) is 15.6. The summed E-state index contributed by atoms with van der Waals surface area (Å²) in [6.07, 6.45) is 12.7. The van der Waals surface area contributed by atoms with Crippen LogP contribution in [-0.2, 0) is 11.8 Å². The summed E-state index contributed by atoms with van der Waals surface area (Å²) < 4.78 is 0. The fraction of sp³-hybridized carbons (Fsp3) is 0.143. The lowest BCUT2D eigenvalue weighted by molar-refractivity contribution is 0.629. The third-order valence-corrected chi connectivity index (χ3v) is 9.20. The number of para-hydroxylation sites is 1. The van der Waals surface area contributed by atoms with Gasteiger partial charge in [-0.1, -0.05) is 87.7 Å². The van der Waals surface area contributed by atoms with Gasteiger partial charge in [-0.2, -0.15) is 0 Å². The molecular weight excluding hydrogens is 546 g/mol. The monoisotopic (exact) mass is 583 g/mol. The van der Waals surface area contributed by atoms with Crippen LogP contribution in [0, 0.1) is 0 Å². The molecule has 0 atom stereocenters. The molecule has 3 nitrogen and oxygen atoms in total. The molecule has 5 aromatic rings. The van der Waals surface area contributed by atoms with Gasteiger partial charge in [0.15, 0.2) is 0 Å². The lowest BCUT2D eigenvalue weighted by atomic mass is 9.70. The highest BCUT2D eigenvalue weighted by atomic mass is 15.2. The molecule has 0 spiro atoms. The Morgan fingerprint density at radius 1 is 0.667 bits per heavy atom. The first kappa shape index (κ1) is 28.5. The van der Waals surface area contributed by atoms with Crippen molar-refractivity contribution in [2.45, 2.75) is 39.5 Å². The van der Waals surface area contributed by atoms with Crippen molar-refractivity contribution in [3.8, 4) is 22.5 Å². The Hall–Kier alpha value is -5.28. The zero-order valence-corrected chi connectivity index (χ0v) is 26.4. The standard InChI is InChI=1S/C42H37N3/c1-7-13-28-18-21-37(43-35(28)10-4)29-19-22-39-31(23-29)25-32-24-30(38-20-17-27(9-3)36(44-38)14-8-2)26-34-41(32)45(39)40-16-12-11-15-33(40)42(34,5)6/h7-24,26H,3-4,25H2,1-2,5-6H3/b13-7-,14-8-. The molecule has 4 heterocycles. The minimum atomic E-state index is -0.183. The van der Waals surface area contributed by atoms with Crippen molar-refractivity contribution in [2.75, 3.05) is 4.90 Å². The zero-order chi connectivity index (χ0) is 31.3. The summed E-state index contributed by atoms with van der Waals surface area (Å²) in [7, 11) is 0. The summed E-state index contributed by atoms with van der Waals surface area (Å²) in [6, 6.07) is 28.8. The number of allylic oxidation sites excluding steroid dienone is 2. The number of pyridine rings is 2. The molecule has 7 rings (SSSR count). The number of rotatable bonds is 6. The van der Waals surface area contributed by atoms with E-state index in [0.29, 0.717) is 0 Å². The number of nitrogens with zero attached hydrogens (tertiary/aromatic N) is 3. The maximum atomic E-state index is 5.10. The Morgan fingerprint density at radius 3 is 2.13 bits per heavy atom. The van der Waals surface area contributed by atoms with Gasteiger partial charge in [0.25, 0.3) is 0 Å². The van der Waals surface area contributed by atoms with Gasteiger partial charge < -0.3 is 4.90 Å². The van der Waals surface area contributed by atoms with E-state index in [-0.39, 0.29) is 5.41 Å². The highest BCUT2D eigenvalue weighted by Gasteiger charge is 2.40. The van der Waals surface area contributed by atoms with Crippen LogP contribution in [0.2, 0.25) is 0 Å². The maximum Gasteiger partial charge on any atom is 0.0709 e. The number of hydrogen-bond donors (Lipinski definition) is 0. The van der Waals surface area contributed by atoms with Crippen LogP contribution in [0.4, 0.5) is 17.1 Å². The first-order valence-electron chi connectivity index (χ1n) is 15.6. The van der Waals surface area contributed by atoms with Gasteiger partial charge in [0.2, 0.25) is 0 Å². The second-order valence-electron chi connectivity index (χ2n) is 12.3. The Morgan fingerprint density at radius 2 is 1.38 bits per heavy atom. The van der Waals surface area contributed by atoms with Crippen LogP contribution >= 0.6 is 0 Å². The van der Waals surface area contributed by atoms with Gasteiger partial charge in [-0.15, -0.1) is 0 Å². The van der Waals surface area contributed by atoms with Gasteiger partial charge in [0, 0.05) is 28.7 Å². The Labute approximate surface area is 266 Å². The summed E-state index contributed by atoms with van der Waals surface area (Å²) in [4.78, 5) is 12.6. The van der Waals surface area contributed by atoms with Gasteiger partial charge >= 0.3 is 0 Å². The average molecular weight is 584 g/mol. The van der Waals surface area contributed by atoms with Crippen molar-refractivity contribution in [1.82, 2.24) is 9.97 Å². The van der Waals surface area contributed by atoms with E-state index >= 15 is 0 Å². The van der Waals surface area contributed by atoms with E-state index in [4.69, 9.17) is 9.97 Å². The number of fused-ring (bicyclic) bond motifs is 4. The highest BCUT2D eigenvalue weighted by molar-refractivity contribution is 5.93. The molecule has 0 aliphatic carbocycles. The summed E-state index contributed by atoms with van der Waals surface area (Å²) in [5.74, 6) is 0. The van der Waals surface area contributed by atoms with Crippen LogP contribution < -0.4 is 4.90 Å². The summed E-state index contributed by atoms with van der Waals surface area (Å²) in [5, 5.41) is 0. The number of benzene rings is 3. The SMILES string of the molecule is C=Cc1ccc(-c2cc3c4c(c2)C(C)(C)c2ccccc2N4c2ccc(-c4ccc(/C=C\C)c(C=C)n4)cc2C3)nc1/C=C\C. The van der Waals surface area contributed by atoms with Crippen molar-refractivity contribution < 1.29 is 0 Å². The predicted molar refractivity (Wildman–Crippen MR) is 192 cm³/mol. The molecule has 0 fully saturated rings. The van der Waals surface area contributed by atoms with Crippen molar-refractivity contribution in [3.05, 3.63) is 149 Å². The van der Waals surface area contributed by atoms with Crippen LogP contribution in [0.25, 0.3) is 46.8 Å². The van der Waals surface area contributed by atoms with E-state index in [1.54, 1.807) is 0 Å². The second-order valence-corrected chi connectivity index (χ2v) is 12.3. The molecule has 2 aliphatic heterocycles. The second kappa shape index (κ2) is 11.0. The minimum Gasteiger partial charge on any atom is -0.309 e. The fourth-order valence-electron chi connectivity index (χ4n) is 6.98. The summed E-state index contributed by atoms with van der Waals surface area (Å²) in [5.41, 5.74) is 16.9. The molecule has 0 N–H and O–H groups in total. The lowest BCUT2D eigenvalue weighted by Crippen LogP contribution is -2.33. The van der Waals surface area contributed by atoms with E-state index in [1.807, 2.05) is 38.2 Å². The Kier molecular flexibility index (Phi) is 6.97. The minimum absolute atomic E-state index is 0.183. The van der Waals surface area contributed by atoms with E-state index in [1.165, 1.54) is 39.3 Å². The molecule has 0 saturated heterocycles. The van der Waals surface area contributed by atoms with Gasteiger partial charge in [-0.3, -0.25) is 0 Å². The molecule has 3 aromatic carbocycles. The number of aromatic nitrogens is 2. The smallest absolute Gasteiger partial charge is 0.0709 e. The van der Waals surface area contributed by atoms with E-state index in [9.17, 15) is 0 Å². The molecule has 0 radical (unpaired) electrons. The molecule has 220 valence electrons.